The number of carbonyl (C=O) groups is 1. The summed E-state index contributed by atoms with van der Waals surface area (Å²) in [5.74, 6) is 0.522. The van der Waals surface area contributed by atoms with Crippen molar-refractivity contribution in [2.75, 3.05) is 13.1 Å². The lowest BCUT2D eigenvalue weighted by Gasteiger charge is -2.43. The molecule has 0 aromatic heterocycles. The van der Waals surface area contributed by atoms with Crippen LogP contribution in [0.25, 0.3) is 0 Å². The van der Waals surface area contributed by atoms with Gasteiger partial charge in [-0.05, 0) is 69.1 Å². The summed E-state index contributed by atoms with van der Waals surface area (Å²) in [6, 6.07) is 5.44. The van der Waals surface area contributed by atoms with Crippen molar-refractivity contribution in [3.8, 4) is 0 Å². The van der Waals surface area contributed by atoms with Crippen LogP contribution < -0.4 is 0 Å². The van der Waals surface area contributed by atoms with Gasteiger partial charge < -0.3 is 10.0 Å². The Morgan fingerprint density at radius 1 is 1.35 bits per heavy atom. The molecule has 1 aliphatic heterocycles. The molecule has 0 bridgehead atoms. The molecule has 4 heteroatoms. The van der Waals surface area contributed by atoms with E-state index in [4.69, 9.17) is 0 Å². The van der Waals surface area contributed by atoms with Crippen LogP contribution in [0, 0.1) is 24.6 Å². The van der Waals surface area contributed by atoms with Crippen molar-refractivity contribution in [1.29, 1.82) is 0 Å². The topological polar surface area (TPSA) is 40.5 Å². The number of aryl methyl sites for hydroxylation is 1. The van der Waals surface area contributed by atoms with E-state index in [1.165, 1.54) is 0 Å². The number of carbonyl (C=O) groups excluding carboxylic acids is 1. The summed E-state index contributed by atoms with van der Waals surface area (Å²) in [6.45, 7) is 5.21. The van der Waals surface area contributed by atoms with Crippen LogP contribution in [-0.2, 0) is 11.2 Å². The SMILES string of the molecule is Cc1ccc(CC2CCN(C(=O)[C@H]3C[C@@](C)(O)C3)CC2)c(F)c1. The first-order chi connectivity index (χ1) is 10.8. The van der Waals surface area contributed by atoms with Gasteiger partial charge in [0.05, 0.1) is 5.60 Å². The summed E-state index contributed by atoms with van der Waals surface area (Å²) in [4.78, 5) is 14.3. The lowest BCUT2D eigenvalue weighted by molar-refractivity contribution is -0.151. The van der Waals surface area contributed by atoms with Crippen molar-refractivity contribution in [2.45, 2.75) is 51.6 Å². The van der Waals surface area contributed by atoms with Crippen molar-refractivity contribution in [2.24, 2.45) is 11.8 Å². The van der Waals surface area contributed by atoms with Gasteiger partial charge in [0.15, 0.2) is 0 Å². The van der Waals surface area contributed by atoms with E-state index in [0.29, 0.717) is 18.8 Å². The molecule has 0 unspecified atom stereocenters. The molecule has 0 radical (unpaired) electrons. The van der Waals surface area contributed by atoms with E-state index < -0.39 is 5.60 Å². The van der Waals surface area contributed by atoms with Crippen molar-refractivity contribution in [3.63, 3.8) is 0 Å². The van der Waals surface area contributed by atoms with Crippen LogP contribution >= 0.6 is 0 Å². The molecule has 2 aliphatic rings. The minimum atomic E-state index is -0.651. The fraction of sp³-hybridized carbons (Fsp3) is 0.632. The quantitative estimate of drug-likeness (QED) is 0.930. The Bertz CT molecular complexity index is 583. The molecule has 1 heterocycles. The van der Waals surface area contributed by atoms with E-state index in [1.54, 1.807) is 13.0 Å². The Labute approximate surface area is 137 Å². The Balaban J connectivity index is 1.49. The van der Waals surface area contributed by atoms with Gasteiger partial charge in [-0.2, -0.15) is 0 Å². The second kappa shape index (κ2) is 6.23. The maximum Gasteiger partial charge on any atom is 0.225 e. The van der Waals surface area contributed by atoms with E-state index >= 15 is 0 Å². The second-order valence-corrected chi connectivity index (χ2v) is 7.67. The zero-order valence-corrected chi connectivity index (χ0v) is 14.0. The highest BCUT2D eigenvalue weighted by molar-refractivity contribution is 5.80. The number of halogens is 1. The Morgan fingerprint density at radius 3 is 2.57 bits per heavy atom. The van der Waals surface area contributed by atoms with Crippen molar-refractivity contribution in [1.82, 2.24) is 4.90 Å². The fourth-order valence-electron chi connectivity index (χ4n) is 3.92. The number of piperidine rings is 1. The molecule has 1 saturated heterocycles. The summed E-state index contributed by atoms with van der Waals surface area (Å²) in [5.41, 5.74) is 1.08. The molecule has 1 saturated carbocycles. The summed E-state index contributed by atoms with van der Waals surface area (Å²) in [5, 5.41) is 9.78. The predicted octanol–water partition coefficient (Wildman–Crippen LogP) is 3.08. The number of benzene rings is 1. The normalized spacial score (nSPS) is 28.5. The summed E-state index contributed by atoms with van der Waals surface area (Å²) < 4.78 is 14.0. The fourth-order valence-corrected chi connectivity index (χ4v) is 3.92. The minimum Gasteiger partial charge on any atom is -0.390 e. The molecule has 3 nitrogen and oxygen atoms in total. The monoisotopic (exact) mass is 319 g/mol. The van der Waals surface area contributed by atoms with Crippen LogP contribution in [0.1, 0.15) is 43.7 Å². The highest BCUT2D eigenvalue weighted by Crippen LogP contribution is 2.39. The summed E-state index contributed by atoms with van der Waals surface area (Å²) >= 11 is 0. The zero-order chi connectivity index (χ0) is 16.6. The molecule has 1 aliphatic carbocycles. The Hall–Kier alpha value is -1.42. The summed E-state index contributed by atoms with van der Waals surface area (Å²) in [6.07, 6.45) is 3.79. The smallest absolute Gasteiger partial charge is 0.225 e. The molecule has 0 atom stereocenters. The van der Waals surface area contributed by atoms with Gasteiger partial charge in [-0.15, -0.1) is 0 Å². The standard InChI is InChI=1S/C19H26FNO2/c1-13-3-4-15(17(20)9-13)10-14-5-7-21(8-6-14)18(22)16-11-19(2,23)12-16/h3-4,9,14,16,23H,5-8,10-12H2,1-2H3/t16-,19+. The molecule has 126 valence electrons. The molecule has 1 amide bonds. The number of likely N-dealkylation sites (tertiary alicyclic amines) is 1. The molecule has 1 aromatic rings. The number of hydrogen-bond donors (Lipinski definition) is 1. The number of nitrogens with zero attached hydrogens (tertiary/aromatic N) is 1. The largest absolute Gasteiger partial charge is 0.390 e. The van der Waals surface area contributed by atoms with Gasteiger partial charge in [0, 0.05) is 19.0 Å². The van der Waals surface area contributed by atoms with Gasteiger partial charge in [-0.1, -0.05) is 12.1 Å². The van der Waals surface area contributed by atoms with Crippen LogP contribution in [0.5, 0.6) is 0 Å². The van der Waals surface area contributed by atoms with Crippen LogP contribution in [0.15, 0.2) is 18.2 Å². The first-order valence-corrected chi connectivity index (χ1v) is 8.60. The predicted molar refractivity (Wildman–Crippen MR) is 87.5 cm³/mol. The summed E-state index contributed by atoms with van der Waals surface area (Å²) in [7, 11) is 0. The maximum atomic E-state index is 14.0. The van der Waals surface area contributed by atoms with Gasteiger partial charge in [-0.25, -0.2) is 4.39 Å². The highest BCUT2D eigenvalue weighted by atomic mass is 19.1. The number of aliphatic hydroxyl groups is 1. The van der Waals surface area contributed by atoms with E-state index in [-0.39, 0.29) is 17.6 Å². The second-order valence-electron chi connectivity index (χ2n) is 7.67. The maximum absolute atomic E-state index is 14.0. The third-order valence-electron chi connectivity index (χ3n) is 5.36. The molecule has 1 aromatic carbocycles. The lowest BCUT2D eigenvalue weighted by atomic mass is 9.71. The molecular formula is C19H26FNO2. The molecule has 3 rings (SSSR count). The van der Waals surface area contributed by atoms with Gasteiger partial charge in [0.1, 0.15) is 5.82 Å². The van der Waals surface area contributed by atoms with Crippen molar-refractivity contribution < 1.29 is 14.3 Å². The van der Waals surface area contributed by atoms with E-state index in [0.717, 1.165) is 43.5 Å². The molecule has 0 spiro atoms. The van der Waals surface area contributed by atoms with Gasteiger partial charge >= 0.3 is 0 Å². The van der Waals surface area contributed by atoms with E-state index in [2.05, 4.69) is 0 Å². The van der Waals surface area contributed by atoms with E-state index in [1.807, 2.05) is 24.0 Å². The highest BCUT2D eigenvalue weighted by Gasteiger charge is 2.44. The molecular weight excluding hydrogens is 293 g/mol. The lowest BCUT2D eigenvalue weighted by Crippen LogP contribution is -2.51. The minimum absolute atomic E-state index is 0.00362. The van der Waals surface area contributed by atoms with Gasteiger partial charge in [0.2, 0.25) is 5.91 Å². The molecule has 1 N–H and O–H groups in total. The van der Waals surface area contributed by atoms with Crippen molar-refractivity contribution >= 4 is 5.91 Å². The molecule has 23 heavy (non-hydrogen) atoms. The number of hydrogen-bond acceptors (Lipinski definition) is 2. The zero-order valence-electron chi connectivity index (χ0n) is 14.0. The van der Waals surface area contributed by atoms with Crippen LogP contribution in [0.2, 0.25) is 0 Å². The average molecular weight is 319 g/mol. The first-order valence-electron chi connectivity index (χ1n) is 8.60. The Kier molecular flexibility index (Phi) is 4.45. The van der Waals surface area contributed by atoms with Gasteiger partial charge in [-0.3, -0.25) is 4.79 Å². The number of amides is 1. The van der Waals surface area contributed by atoms with Crippen LogP contribution in [0.3, 0.4) is 0 Å². The third-order valence-corrected chi connectivity index (χ3v) is 5.36. The van der Waals surface area contributed by atoms with Crippen LogP contribution in [-0.4, -0.2) is 34.6 Å². The molecule has 2 fully saturated rings. The first kappa shape index (κ1) is 16.4. The third kappa shape index (κ3) is 3.74. The average Bonchev–Trinajstić information content (AvgIpc) is 2.48. The van der Waals surface area contributed by atoms with Gasteiger partial charge in [0.25, 0.3) is 0 Å². The van der Waals surface area contributed by atoms with E-state index in [9.17, 15) is 14.3 Å². The van der Waals surface area contributed by atoms with Crippen molar-refractivity contribution in [3.05, 3.63) is 35.1 Å². The Morgan fingerprint density at radius 2 is 2.00 bits per heavy atom. The number of rotatable bonds is 3. The van der Waals surface area contributed by atoms with Crippen LogP contribution in [0.4, 0.5) is 4.39 Å².